The monoisotopic (exact) mass is 251 g/mol. The van der Waals surface area contributed by atoms with Crippen molar-refractivity contribution in [3.8, 4) is 0 Å². The van der Waals surface area contributed by atoms with Crippen molar-refractivity contribution >= 4 is 11.6 Å². The summed E-state index contributed by atoms with van der Waals surface area (Å²) in [4.78, 5) is 14.8. The Morgan fingerprint density at radius 3 is 2.89 bits per heavy atom. The normalized spacial score (nSPS) is 16.9. The highest BCUT2D eigenvalue weighted by Gasteiger charge is 2.22. The number of nitrogens with two attached hydrogens (primary N) is 1. The highest BCUT2D eigenvalue weighted by molar-refractivity contribution is 5.76. The number of benzene rings is 1. The highest BCUT2D eigenvalue weighted by atomic mass is 19.1. The molecule has 2 rings (SSSR count). The Hall–Kier alpha value is -1.62. The number of aryl methyl sites for hydroxylation is 1. The Morgan fingerprint density at radius 2 is 2.22 bits per heavy atom. The zero-order chi connectivity index (χ0) is 13.1. The fourth-order valence-corrected chi connectivity index (χ4v) is 2.42. The number of nitrogens with zero attached hydrogens (tertiary/aromatic N) is 2. The molecule has 0 aliphatic carbocycles. The summed E-state index contributed by atoms with van der Waals surface area (Å²) in [5, 5.41) is 0. The second-order valence-electron chi connectivity index (χ2n) is 4.68. The number of hydrogen-bond acceptors (Lipinski definition) is 3. The van der Waals surface area contributed by atoms with Gasteiger partial charge in [0, 0.05) is 13.1 Å². The lowest BCUT2D eigenvalue weighted by Crippen LogP contribution is -2.48. The van der Waals surface area contributed by atoms with Crippen LogP contribution in [0.15, 0.2) is 18.2 Å². The summed E-state index contributed by atoms with van der Waals surface area (Å²) < 4.78 is 13.9. The summed E-state index contributed by atoms with van der Waals surface area (Å²) in [5.41, 5.74) is 6.74. The molecule has 0 atom stereocenters. The van der Waals surface area contributed by atoms with Crippen molar-refractivity contribution in [3.63, 3.8) is 0 Å². The van der Waals surface area contributed by atoms with E-state index in [9.17, 15) is 9.18 Å². The van der Waals surface area contributed by atoms with Crippen molar-refractivity contribution in [2.45, 2.75) is 13.3 Å². The van der Waals surface area contributed by atoms with E-state index in [1.807, 2.05) is 22.8 Å². The molecule has 0 spiro atoms. The van der Waals surface area contributed by atoms with E-state index in [-0.39, 0.29) is 18.3 Å². The van der Waals surface area contributed by atoms with Gasteiger partial charge < -0.3 is 10.6 Å². The van der Waals surface area contributed by atoms with Crippen molar-refractivity contribution in [1.29, 1.82) is 0 Å². The van der Waals surface area contributed by atoms with Gasteiger partial charge >= 0.3 is 0 Å². The summed E-state index contributed by atoms with van der Waals surface area (Å²) in [6.07, 6.45) is 0.904. The smallest absolute Gasteiger partial charge is 0.231 e. The fourth-order valence-electron chi connectivity index (χ4n) is 2.42. The van der Waals surface area contributed by atoms with Gasteiger partial charge in [-0.1, -0.05) is 12.1 Å². The number of rotatable bonds is 3. The molecule has 18 heavy (non-hydrogen) atoms. The van der Waals surface area contributed by atoms with Crippen LogP contribution in [0.5, 0.6) is 0 Å². The number of halogens is 1. The second kappa shape index (κ2) is 5.35. The molecule has 2 N–H and O–H groups in total. The molecule has 4 nitrogen and oxygen atoms in total. The molecule has 0 saturated carbocycles. The van der Waals surface area contributed by atoms with Gasteiger partial charge in [-0.05, 0) is 25.0 Å². The van der Waals surface area contributed by atoms with Crippen LogP contribution in [-0.2, 0) is 4.79 Å². The molecule has 1 aromatic carbocycles. The Bertz CT molecular complexity index is 430. The van der Waals surface area contributed by atoms with E-state index >= 15 is 0 Å². The van der Waals surface area contributed by atoms with Gasteiger partial charge in [0.2, 0.25) is 5.91 Å². The summed E-state index contributed by atoms with van der Waals surface area (Å²) in [7, 11) is 0. The molecule has 0 bridgehead atoms. The van der Waals surface area contributed by atoms with Gasteiger partial charge in [0.15, 0.2) is 0 Å². The molecular weight excluding hydrogens is 233 g/mol. The van der Waals surface area contributed by atoms with E-state index in [0.717, 1.165) is 25.1 Å². The summed E-state index contributed by atoms with van der Waals surface area (Å²) >= 11 is 0. The van der Waals surface area contributed by atoms with Gasteiger partial charge in [-0.2, -0.15) is 0 Å². The highest BCUT2D eigenvalue weighted by Crippen LogP contribution is 2.25. The summed E-state index contributed by atoms with van der Waals surface area (Å²) in [6.45, 7) is 4.30. The molecule has 5 heteroatoms. The summed E-state index contributed by atoms with van der Waals surface area (Å²) in [5.74, 6) is -0.557. The molecule has 1 amide bonds. The lowest BCUT2D eigenvalue weighted by Gasteiger charge is -2.37. The van der Waals surface area contributed by atoms with Gasteiger partial charge in [0.1, 0.15) is 5.82 Å². The maximum atomic E-state index is 13.9. The third kappa shape index (κ3) is 2.79. The zero-order valence-electron chi connectivity index (χ0n) is 10.5. The SMILES string of the molecule is Cc1cccc(F)c1N1CCCN(CC(N)=O)C1. The first-order valence-electron chi connectivity index (χ1n) is 6.08. The number of amides is 1. The first kappa shape index (κ1) is 12.8. The van der Waals surface area contributed by atoms with Crippen molar-refractivity contribution in [3.05, 3.63) is 29.6 Å². The molecule has 0 aromatic heterocycles. The van der Waals surface area contributed by atoms with E-state index in [1.165, 1.54) is 6.07 Å². The lowest BCUT2D eigenvalue weighted by atomic mass is 10.1. The second-order valence-corrected chi connectivity index (χ2v) is 4.68. The minimum atomic E-state index is -0.345. The van der Waals surface area contributed by atoms with Crippen LogP contribution in [0.2, 0.25) is 0 Å². The minimum absolute atomic E-state index is 0.212. The molecule has 1 saturated heterocycles. The Morgan fingerprint density at radius 1 is 1.44 bits per heavy atom. The van der Waals surface area contributed by atoms with Crippen LogP contribution in [0.25, 0.3) is 0 Å². The van der Waals surface area contributed by atoms with Crippen LogP contribution in [0.1, 0.15) is 12.0 Å². The van der Waals surface area contributed by atoms with Crippen molar-refractivity contribution in [1.82, 2.24) is 4.90 Å². The van der Waals surface area contributed by atoms with Crippen molar-refractivity contribution in [2.24, 2.45) is 5.73 Å². The molecule has 1 aromatic rings. The number of hydrogen-bond donors (Lipinski definition) is 1. The van der Waals surface area contributed by atoms with E-state index in [0.29, 0.717) is 12.4 Å². The van der Waals surface area contributed by atoms with Crippen LogP contribution in [0.3, 0.4) is 0 Å². The standard InChI is InChI=1S/C13H18FN3O/c1-10-4-2-5-11(14)13(10)17-7-3-6-16(9-17)8-12(15)18/h2,4-5H,3,6-9H2,1H3,(H2,15,18). The predicted molar refractivity (Wildman–Crippen MR) is 68.7 cm³/mol. The lowest BCUT2D eigenvalue weighted by molar-refractivity contribution is -0.119. The molecule has 1 aliphatic heterocycles. The van der Waals surface area contributed by atoms with Gasteiger partial charge in [0.05, 0.1) is 18.9 Å². The molecule has 98 valence electrons. The minimum Gasteiger partial charge on any atom is -0.369 e. The number of anilines is 1. The van der Waals surface area contributed by atoms with Gasteiger partial charge in [-0.3, -0.25) is 9.69 Å². The molecule has 1 heterocycles. The van der Waals surface area contributed by atoms with E-state index in [2.05, 4.69) is 0 Å². The third-order valence-corrected chi connectivity index (χ3v) is 3.16. The molecule has 1 fully saturated rings. The van der Waals surface area contributed by atoms with Crippen LogP contribution in [-0.4, -0.2) is 37.1 Å². The topological polar surface area (TPSA) is 49.6 Å². The average molecular weight is 251 g/mol. The van der Waals surface area contributed by atoms with Crippen LogP contribution < -0.4 is 10.6 Å². The molecule has 1 aliphatic rings. The molecule has 0 unspecified atom stereocenters. The van der Waals surface area contributed by atoms with E-state index in [1.54, 1.807) is 6.07 Å². The van der Waals surface area contributed by atoms with E-state index in [4.69, 9.17) is 5.73 Å². The van der Waals surface area contributed by atoms with Crippen LogP contribution >= 0.6 is 0 Å². The largest absolute Gasteiger partial charge is 0.369 e. The quantitative estimate of drug-likeness (QED) is 0.875. The molecular formula is C13H18FN3O. The first-order chi connectivity index (χ1) is 8.58. The van der Waals surface area contributed by atoms with E-state index < -0.39 is 0 Å². The van der Waals surface area contributed by atoms with Crippen molar-refractivity contribution < 1.29 is 9.18 Å². The third-order valence-electron chi connectivity index (χ3n) is 3.16. The number of para-hydroxylation sites is 1. The fraction of sp³-hybridized carbons (Fsp3) is 0.462. The first-order valence-corrected chi connectivity index (χ1v) is 6.08. The number of carbonyl (C=O) groups is 1. The maximum Gasteiger partial charge on any atom is 0.231 e. The van der Waals surface area contributed by atoms with Crippen LogP contribution in [0.4, 0.5) is 10.1 Å². The average Bonchev–Trinajstić information content (AvgIpc) is 2.28. The zero-order valence-corrected chi connectivity index (χ0v) is 10.5. The van der Waals surface area contributed by atoms with Gasteiger partial charge in [-0.15, -0.1) is 0 Å². The Balaban J connectivity index is 2.15. The predicted octanol–water partition coefficient (Wildman–Crippen LogP) is 1.09. The Labute approximate surface area is 106 Å². The van der Waals surface area contributed by atoms with Crippen LogP contribution in [0, 0.1) is 12.7 Å². The molecule has 0 radical (unpaired) electrons. The van der Waals surface area contributed by atoms with Gasteiger partial charge in [0.25, 0.3) is 0 Å². The Kier molecular flexibility index (Phi) is 3.81. The number of primary amides is 1. The van der Waals surface area contributed by atoms with Crippen molar-refractivity contribution in [2.75, 3.05) is 31.2 Å². The number of carbonyl (C=O) groups excluding carboxylic acids is 1. The maximum absolute atomic E-state index is 13.9. The van der Waals surface area contributed by atoms with Gasteiger partial charge in [-0.25, -0.2) is 4.39 Å². The summed E-state index contributed by atoms with van der Waals surface area (Å²) in [6, 6.07) is 5.07.